The molecule has 1 atom stereocenters. The van der Waals surface area contributed by atoms with Crippen molar-refractivity contribution in [2.24, 2.45) is 11.3 Å². The average molecular weight is 285 g/mol. The molecule has 0 bridgehead atoms. The Labute approximate surface area is 125 Å². The molecular formula is C18H23NS. The van der Waals surface area contributed by atoms with Crippen LogP contribution in [-0.2, 0) is 6.42 Å². The molecule has 0 aliphatic heterocycles. The normalized spacial score (nSPS) is 22.1. The molecule has 1 unspecified atom stereocenters. The van der Waals surface area contributed by atoms with E-state index >= 15 is 0 Å². The van der Waals surface area contributed by atoms with Crippen molar-refractivity contribution in [2.75, 3.05) is 6.54 Å². The van der Waals surface area contributed by atoms with Crippen LogP contribution in [0.25, 0.3) is 10.1 Å². The quantitative estimate of drug-likeness (QED) is 0.817. The maximum absolute atomic E-state index is 3.78. The van der Waals surface area contributed by atoms with Gasteiger partial charge in [-0.1, -0.05) is 25.1 Å². The van der Waals surface area contributed by atoms with E-state index in [1.165, 1.54) is 48.7 Å². The summed E-state index contributed by atoms with van der Waals surface area (Å²) in [6.45, 7) is 3.71. The summed E-state index contributed by atoms with van der Waals surface area (Å²) in [5.74, 6) is 0.937. The minimum Gasteiger partial charge on any atom is -0.313 e. The Morgan fingerprint density at radius 2 is 2.00 bits per heavy atom. The lowest BCUT2D eigenvalue weighted by atomic mass is 9.78. The lowest BCUT2D eigenvalue weighted by Crippen LogP contribution is -2.36. The number of nitrogens with one attached hydrogen (secondary N) is 1. The second-order valence-electron chi connectivity index (χ2n) is 7.02. The molecule has 1 aromatic heterocycles. The third-order valence-corrected chi connectivity index (χ3v) is 6.10. The zero-order valence-electron chi connectivity index (χ0n) is 12.2. The molecule has 20 heavy (non-hydrogen) atoms. The van der Waals surface area contributed by atoms with E-state index in [1.807, 2.05) is 11.3 Å². The summed E-state index contributed by atoms with van der Waals surface area (Å²) in [5.41, 5.74) is 2.02. The third-order valence-electron chi connectivity index (χ3n) is 5.09. The number of hydrogen-bond acceptors (Lipinski definition) is 2. The fraction of sp³-hybridized carbons (Fsp3) is 0.556. The largest absolute Gasteiger partial charge is 0.313 e. The molecule has 0 saturated heterocycles. The van der Waals surface area contributed by atoms with E-state index < -0.39 is 0 Å². The summed E-state index contributed by atoms with van der Waals surface area (Å²) in [4.78, 5) is 0. The monoisotopic (exact) mass is 285 g/mol. The van der Waals surface area contributed by atoms with Gasteiger partial charge in [0.05, 0.1) is 0 Å². The van der Waals surface area contributed by atoms with Gasteiger partial charge >= 0.3 is 0 Å². The second-order valence-corrected chi connectivity index (χ2v) is 7.93. The van der Waals surface area contributed by atoms with E-state index in [-0.39, 0.29) is 0 Å². The van der Waals surface area contributed by atoms with Gasteiger partial charge in [-0.15, -0.1) is 11.3 Å². The highest BCUT2D eigenvalue weighted by atomic mass is 32.1. The van der Waals surface area contributed by atoms with Gasteiger partial charge in [0.15, 0.2) is 0 Å². The first-order valence-corrected chi connectivity index (χ1v) is 8.81. The van der Waals surface area contributed by atoms with Gasteiger partial charge in [-0.25, -0.2) is 0 Å². The Balaban J connectivity index is 1.57. The fourth-order valence-corrected chi connectivity index (χ4v) is 4.36. The van der Waals surface area contributed by atoms with E-state index in [4.69, 9.17) is 0 Å². The van der Waals surface area contributed by atoms with E-state index in [0.29, 0.717) is 5.41 Å². The number of hydrogen-bond donors (Lipinski definition) is 1. The average Bonchev–Trinajstić information content (AvgIpc) is 3.36. The third kappa shape index (κ3) is 2.51. The summed E-state index contributed by atoms with van der Waals surface area (Å²) >= 11 is 1.90. The van der Waals surface area contributed by atoms with Gasteiger partial charge in [0.1, 0.15) is 0 Å². The molecule has 2 aliphatic rings. The Morgan fingerprint density at radius 3 is 2.75 bits per heavy atom. The van der Waals surface area contributed by atoms with Crippen LogP contribution in [0.3, 0.4) is 0 Å². The van der Waals surface area contributed by atoms with Gasteiger partial charge in [-0.05, 0) is 65.8 Å². The van der Waals surface area contributed by atoms with Crippen molar-refractivity contribution in [1.29, 1.82) is 0 Å². The molecule has 0 radical (unpaired) electrons. The van der Waals surface area contributed by atoms with Crippen molar-refractivity contribution in [3.8, 4) is 0 Å². The van der Waals surface area contributed by atoms with Gasteiger partial charge in [-0.2, -0.15) is 0 Å². The summed E-state index contributed by atoms with van der Waals surface area (Å²) < 4.78 is 1.44. The van der Waals surface area contributed by atoms with Gasteiger partial charge in [0.2, 0.25) is 0 Å². The van der Waals surface area contributed by atoms with Crippen LogP contribution in [0.1, 0.15) is 38.2 Å². The number of thiophene rings is 1. The van der Waals surface area contributed by atoms with Crippen molar-refractivity contribution < 1.29 is 0 Å². The molecule has 0 amide bonds. The zero-order valence-corrected chi connectivity index (χ0v) is 13.0. The Morgan fingerprint density at radius 1 is 1.20 bits per heavy atom. The van der Waals surface area contributed by atoms with Crippen LogP contribution in [0.15, 0.2) is 29.6 Å². The van der Waals surface area contributed by atoms with Crippen LogP contribution in [0, 0.1) is 11.3 Å². The Hall–Kier alpha value is -0.860. The molecule has 1 aromatic carbocycles. The highest BCUT2D eigenvalue weighted by Gasteiger charge is 2.42. The molecule has 2 saturated carbocycles. The molecule has 1 N–H and O–H groups in total. The SMILES string of the molecule is CC(CNC1CC1)(Cc1csc2ccccc12)C1CC1. The van der Waals surface area contributed by atoms with Crippen LogP contribution in [0.5, 0.6) is 0 Å². The van der Waals surface area contributed by atoms with E-state index in [9.17, 15) is 0 Å². The standard InChI is InChI=1S/C18H23NS/c1-18(14-6-7-14,12-19-15-8-9-15)10-13-11-20-17-5-3-2-4-16(13)17/h2-5,11,14-15,19H,6-10,12H2,1H3. The molecular weight excluding hydrogens is 262 g/mol. The maximum Gasteiger partial charge on any atom is 0.0345 e. The summed E-state index contributed by atoms with van der Waals surface area (Å²) in [7, 11) is 0. The number of rotatable bonds is 6. The number of benzene rings is 1. The van der Waals surface area contributed by atoms with E-state index in [0.717, 1.165) is 12.0 Å². The lowest BCUT2D eigenvalue weighted by Gasteiger charge is -2.30. The maximum atomic E-state index is 3.78. The minimum absolute atomic E-state index is 0.451. The van der Waals surface area contributed by atoms with Gasteiger partial charge < -0.3 is 5.32 Å². The Bertz CT molecular complexity index is 609. The first-order valence-electron chi connectivity index (χ1n) is 7.93. The molecule has 2 fully saturated rings. The number of fused-ring (bicyclic) bond motifs is 1. The van der Waals surface area contributed by atoms with Crippen molar-refractivity contribution in [3.63, 3.8) is 0 Å². The minimum atomic E-state index is 0.451. The van der Waals surface area contributed by atoms with Crippen LogP contribution in [0.4, 0.5) is 0 Å². The van der Waals surface area contributed by atoms with Crippen molar-refractivity contribution in [3.05, 3.63) is 35.2 Å². The molecule has 1 heterocycles. The topological polar surface area (TPSA) is 12.0 Å². The predicted molar refractivity (Wildman–Crippen MR) is 87.4 cm³/mol. The van der Waals surface area contributed by atoms with Gasteiger partial charge in [-0.3, -0.25) is 0 Å². The smallest absolute Gasteiger partial charge is 0.0345 e. The first kappa shape index (κ1) is 12.8. The second kappa shape index (κ2) is 4.85. The summed E-state index contributed by atoms with van der Waals surface area (Å²) in [6, 6.07) is 9.70. The molecule has 0 spiro atoms. The van der Waals surface area contributed by atoms with Crippen molar-refractivity contribution >= 4 is 21.4 Å². The van der Waals surface area contributed by atoms with Gasteiger partial charge in [0, 0.05) is 17.3 Å². The van der Waals surface area contributed by atoms with E-state index in [1.54, 1.807) is 5.56 Å². The van der Waals surface area contributed by atoms with Crippen LogP contribution in [0.2, 0.25) is 0 Å². The van der Waals surface area contributed by atoms with Crippen molar-refractivity contribution in [2.45, 2.75) is 45.1 Å². The molecule has 2 heteroatoms. The molecule has 2 aromatic rings. The first-order chi connectivity index (χ1) is 9.74. The summed E-state index contributed by atoms with van der Waals surface area (Å²) in [5, 5.41) is 7.66. The predicted octanol–water partition coefficient (Wildman–Crippen LogP) is 4.61. The molecule has 4 rings (SSSR count). The van der Waals surface area contributed by atoms with Crippen molar-refractivity contribution in [1.82, 2.24) is 5.32 Å². The lowest BCUT2D eigenvalue weighted by molar-refractivity contribution is 0.255. The summed E-state index contributed by atoms with van der Waals surface area (Å²) in [6.07, 6.45) is 6.89. The van der Waals surface area contributed by atoms with Crippen LogP contribution in [-0.4, -0.2) is 12.6 Å². The highest BCUT2D eigenvalue weighted by Crippen LogP contribution is 2.48. The zero-order chi connectivity index (χ0) is 13.6. The fourth-order valence-electron chi connectivity index (χ4n) is 3.40. The molecule has 2 aliphatic carbocycles. The van der Waals surface area contributed by atoms with Gasteiger partial charge in [0.25, 0.3) is 0 Å². The van der Waals surface area contributed by atoms with Crippen LogP contribution >= 0.6 is 11.3 Å². The highest BCUT2D eigenvalue weighted by molar-refractivity contribution is 7.17. The van der Waals surface area contributed by atoms with E-state index in [2.05, 4.69) is 41.9 Å². The molecule has 106 valence electrons. The van der Waals surface area contributed by atoms with Crippen LogP contribution < -0.4 is 5.32 Å². The molecule has 1 nitrogen and oxygen atoms in total. The Kier molecular flexibility index (Phi) is 3.12.